The molecule has 2 aromatic heterocycles. The zero-order valence-electron chi connectivity index (χ0n) is 7.14. The maximum Gasteiger partial charge on any atom is 0.155 e. The average molecular weight is 186 g/mol. The van der Waals surface area contributed by atoms with E-state index in [1.165, 1.54) is 6.26 Å². The molecule has 0 spiro atoms. The van der Waals surface area contributed by atoms with Crippen LogP contribution in [-0.2, 0) is 0 Å². The summed E-state index contributed by atoms with van der Waals surface area (Å²) in [5.41, 5.74) is 2.38. The number of para-hydroxylation sites is 1. The molecule has 0 radical (unpaired) electrons. The Hall–Kier alpha value is -2.17. The number of rotatable bonds is 1. The molecule has 0 aliphatic heterocycles. The van der Waals surface area contributed by atoms with Crippen molar-refractivity contribution in [3.05, 3.63) is 30.5 Å². The van der Waals surface area contributed by atoms with Crippen LogP contribution in [0.1, 0.15) is 0 Å². The minimum absolute atomic E-state index is 0.641. The Bertz CT molecular complexity index is 555. The zero-order chi connectivity index (χ0) is 9.38. The molecule has 14 heavy (non-hydrogen) atoms. The van der Waals surface area contributed by atoms with Gasteiger partial charge >= 0.3 is 0 Å². The van der Waals surface area contributed by atoms with Crippen LogP contribution in [0.25, 0.3) is 22.3 Å². The van der Waals surface area contributed by atoms with Gasteiger partial charge < -0.3 is 4.52 Å². The summed E-state index contributed by atoms with van der Waals surface area (Å²) < 4.78 is 4.67. The van der Waals surface area contributed by atoms with E-state index in [0.717, 1.165) is 16.6 Å². The highest BCUT2D eigenvalue weighted by Gasteiger charge is 2.09. The molecule has 0 unspecified atom stereocenters. The molecule has 0 bridgehead atoms. The van der Waals surface area contributed by atoms with Crippen LogP contribution in [0.3, 0.4) is 0 Å². The second-order valence-electron chi connectivity index (χ2n) is 2.91. The molecule has 1 aromatic carbocycles. The lowest BCUT2D eigenvalue weighted by atomic mass is 10.2. The Morgan fingerprint density at radius 3 is 3.00 bits per heavy atom. The van der Waals surface area contributed by atoms with Crippen molar-refractivity contribution in [3.63, 3.8) is 0 Å². The Morgan fingerprint density at radius 1 is 1.21 bits per heavy atom. The Labute approximate surface area is 78.7 Å². The molecule has 3 rings (SSSR count). The molecular weight excluding hydrogens is 180 g/mol. The van der Waals surface area contributed by atoms with Gasteiger partial charge in [0.05, 0.1) is 5.52 Å². The molecule has 0 aliphatic carbocycles. The van der Waals surface area contributed by atoms with E-state index in [-0.39, 0.29) is 0 Å². The number of nitrogens with zero attached hydrogens (tertiary/aromatic N) is 3. The van der Waals surface area contributed by atoms with Gasteiger partial charge in [-0.2, -0.15) is 5.10 Å². The first-order valence-corrected chi connectivity index (χ1v) is 4.16. The second-order valence-corrected chi connectivity index (χ2v) is 2.91. The molecule has 0 amide bonds. The second kappa shape index (κ2) is 2.66. The van der Waals surface area contributed by atoms with Crippen molar-refractivity contribution in [1.82, 2.24) is 20.6 Å². The van der Waals surface area contributed by atoms with Crippen molar-refractivity contribution in [1.29, 1.82) is 0 Å². The number of aromatic nitrogens is 4. The van der Waals surface area contributed by atoms with Crippen molar-refractivity contribution in [2.45, 2.75) is 0 Å². The van der Waals surface area contributed by atoms with Gasteiger partial charge in [-0.15, -0.1) is 5.10 Å². The third-order valence-corrected chi connectivity index (χ3v) is 2.07. The van der Waals surface area contributed by atoms with Crippen molar-refractivity contribution in [2.24, 2.45) is 0 Å². The van der Waals surface area contributed by atoms with E-state index in [1.54, 1.807) is 0 Å². The fraction of sp³-hybridized carbons (Fsp3) is 0. The molecule has 0 aliphatic rings. The quantitative estimate of drug-likeness (QED) is 0.626. The van der Waals surface area contributed by atoms with E-state index in [4.69, 9.17) is 0 Å². The molecule has 0 saturated carbocycles. The summed E-state index contributed by atoms with van der Waals surface area (Å²) in [5.74, 6) is 0. The van der Waals surface area contributed by atoms with Crippen LogP contribution in [-0.4, -0.2) is 20.6 Å². The highest BCUT2D eigenvalue weighted by molar-refractivity contribution is 5.91. The fourth-order valence-electron chi connectivity index (χ4n) is 1.43. The van der Waals surface area contributed by atoms with Gasteiger partial charge in [0.25, 0.3) is 0 Å². The number of aromatic amines is 1. The van der Waals surface area contributed by atoms with Crippen molar-refractivity contribution in [3.8, 4) is 11.4 Å². The summed E-state index contributed by atoms with van der Waals surface area (Å²) in [6, 6.07) is 7.84. The predicted octanol–water partition coefficient (Wildman–Crippen LogP) is 1.61. The third-order valence-electron chi connectivity index (χ3n) is 2.07. The van der Waals surface area contributed by atoms with Gasteiger partial charge in [-0.05, 0) is 6.07 Å². The third kappa shape index (κ3) is 0.922. The molecule has 5 nitrogen and oxygen atoms in total. The van der Waals surface area contributed by atoms with Crippen LogP contribution >= 0.6 is 0 Å². The van der Waals surface area contributed by atoms with Crippen LogP contribution in [0.15, 0.2) is 35.1 Å². The molecule has 3 aromatic rings. The summed E-state index contributed by atoms with van der Waals surface area (Å²) in [6.45, 7) is 0. The summed E-state index contributed by atoms with van der Waals surface area (Å²) in [4.78, 5) is 0. The number of fused-ring (bicyclic) bond motifs is 1. The van der Waals surface area contributed by atoms with Crippen molar-refractivity contribution < 1.29 is 4.52 Å². The Balaban J connectivity index is 2.33. The summed E-state index contributed by atoms with van der Waals surface area (Å²) in [6.07, 6.45) is 1.47. The van der Waals surface area contributed by atoms with Crippen LogP contribution in [0.2, 0.25) is 0 Å². The highest BCUT2D eigenvalue weighted by atomic mass is 16.5. The molecule has 0 fully saturated rings. The van der Waals surface area contributed by atoms with E-state index >= 15 is 0 Å². The fourth-order valence-corrected chi connectivity index (χ4v) is 1.43. The van der Waals surface area contributed by atoms with Crippen molar-refractivity contribution in [2.75, 3.05) is 0 Å². The summed E-state index contributed by atoms with van der Waals surface area (Å²) in [7, 11) is 0. The lowest BCUT2D eigenvalue weighted by Crippen LogP contribution is -1.78. The lowest BCUT2D eigenvalue weighted by molar-refractivity contribution is 0.393. The van der Waals surface area contributed by atoms with E-state index < -0.39 is 0 Å². The van der Waals surface area contributed by atoms with Gasteiger partial charge in [-0.1, -0.05) is 18.2 Å². The van der Waals surface area contributed by atoms with Gasteiger partial charge in [0.15, 0.2) is 12.0 Å². The first-order valence-electron chi connectivity index (χ1n) is 4.16. The maximum atomic E-state index is 4.67. The largest absolute Gasteiger partial charge is 0.345 e. The normalized spacial score (nSPS) is 10.9. The molecule has 1 N–H and O–H groups in total. The van der Waals surface area contributed by atoms with Gasteiger partial charge in [0, 0.05) is 10.7 Å². The number of benzene rings is 1. The molecule has 68 valence electrons. The first kappa shape index (κ1) is 7.25. The van der Waals surface area contributed by atoms with Gasteiger partial charge in [0.2, 0.25) is 0 Å². The SMILES string of the molecule is c1ccc2c(-c3conn3)n[nH]c2c1. The van der Waals surface area contributed by atoms with E-state index in [9.17, 15) is 0 Å². The maximum absolute atomic E-state index is 4.67. The zero-order valence-corrected chi connectivity index (χ0v) is 7.14. The van der Waals surface area contributed by atoms with Crippen LogP contribution in [0.5, 0.6) is 0 Å². The molecule has 2 heterocycles. The molecule has 5 heteroatoms. The first-order chi connectivity index (χ1) is 6.95. The monoisotopic (exact) mass is 186 g/mol. The van der Waals surface area contributed by atoms with Gasteiger partial charge in [-0.25, -0.2) is 0 Å². The molecule has 0 atom stereocenters. The van der Waals surface area contributed by atoms with Gasteiger partial charge in [-0.3, -0.25) is 5.10 Å². The summed E-state index contributed by atoms with van der Waals surface area (Å²) >= 11 is 0. The van der Waals surface area contributed by atoms with Crippen LogP contribution in [0, 0.1) is 0 Å². The lowest BCUT2D eigenvalue weighted by Gasteiger charge is -1.88. The topological polar surface area (TPSA) is 67.6 Å². The highest BCUT2D eigenvalue weighted by Crippen LogP contribution is 2.23. The number of hydrogen-bond donors (Lipinski definition) is 1. The van der Waals surface area contributed by atoms with Crippen LogP contribution < -0.4 is 0 Å². The Kier molecular flexibility index (Phi) is 1.38. The van der Waals surface area contributed by atoms with Crippen molar-refractivity contribution >= 4 is 10.9 Å². The predicted molar refractivity (Wildman–Crippen MR) is 49.4 cm³/mol. The number of hydrogen-bond acceptors (Lipinski definition) is 4. The smallest absolute Gasteiger partial charge is 0.155 e. The Morgan fingerprint density at radius 2 is 2.14 bits per heavy atom. The van der Waals surface area contributed by atoms with E-state index in [0.29, 0.717) is 5.69 Å². The number of H-pyrrole nitrogens is 1. The average Bonchev–Trinajstić information content (AvgIpc) is 2.85. The van der Waals surface area contributed by atoms with E-state index in [1.807, 2.05) is 24.3 Å². The number of nitrogens with one attached hydrogen (secondary N) is 1. The molecule has 0 saturated heterocycles. The standard InChI is InChI=1S/C9H6N4O/c1-2-4-7-6(3-1)9(12-10-7)8-5-14-13-11-8/h1-5H,(H,10,12). The van der Waals surface area contributed by atoms with E-state index in [2.05, 4.69) is 25.1 Å². The van der Waals surface area contributed by atoms with Gasteiger partial charge in [0.1, 0.15) is 5.69 Å². The minimum Gasteiger partial charge on any atom is -0.345 e. The summed E-state index contributed by atoms with van der Waals surface area (Å²) in [5, 5.41) is 15.3. The minimum atomic E-state index is 0.641. The molecular formula is C9H6N4O. The van der Waals surface area contributed by atoms with Crippen LogP contribution in [0.4, 0.5) is 0 Å².